The Bertz CT molecular complexity index is 2390. The molecule has 5 aromatic carbocycles. The molecular formula is C45H42N2+2. The van der Waals surface area contributed by atoms with Crippen LogP contribution >= 0.6 is 0 Å². The molecule has 0 spiro atoms. The molecule has 0 aliphatic heterocycles. The highest BCUT2D eigenvalue weighted by Crippen LogP contribution is 2.50. The SMILES string of the molecule is Cc1cc2c(cc1-c1cc(C(C)(C)C)cc[n+]1-[n+]1ccccc1-c1cc3c(ccc4ccccc43)cc1C)-c1ccccc1C2(C)C. The molecule has 0 radical (unpaired) electrons. The summed E-state index contributed by atoms with van der Waals surface area (Å²) in [5.41, 5.74) is 14.2. The van der Waals surface area contributed by atoms with Crippen molar-refractivity contribution in [3.8, 4) is 33.6 Å². The zero-order valence-electron chi connectivity index (χ0n) is 28.5. The van der Waals surface area contributed by atoms with E-state index in [2.05, 4.69) is 185 Å². The number of hydrogen-bond acceptors (Lipinski definition) is 0. The van der Waals surface area contributed by atoms with E-state index in [1.165, 1.54) is 77.3 Å². The van der Waals surface area contributed by atoms with Crippen LogP contribution < -0.4 is 9.35 Å². The minimum Gasteiger partial charge on any atom is -0.0619 e. The van der Waals surface area contributed by atoms with Crippen molar-refractivity contribution in [2.75, 3.05) is 0 Å². The number of pyridine rings is 2. The van der Waals surface area contributed by atoms with Gasteiger partial charge in [0.15, 0.2) is 0 Å². The molecule has 2 heteroatoms. The highest BCUT2D eigenvalue weighted by Gasteiger charge is 2.37. The van der Waals surface area contributed by atoms with Crippen LogP contribution in [0.15, 0.2) is 128 Å². The van der Waals surface area contributed by atoms with Crippen molar-refractivity contribution in [3.05, 3.63) is 155 Å². The van der Waals surface area contributed by atoms with Crippen LogP contribution in [-0.4, -0.2) is 0 Å². The van der Waals surface area contributed by atoms with Gasteiger partial charge in [-0.15, -0.1) is 0 Å². The lowest BCUT2D eigenvalue weighted by molar-refractivity contribution is -1.29. The maximum Gasteiger partial charge on any atom is 0.284 e. The van der Waals surface area contributed by atoms with Crippen LogP contribution in [0.5, 0.6) is 0 Å². The lowest BCUT2D eigenvalue weighted by Crippen LogP contribution is -2.68. The second-order valence-electron chi connectivity index (χ2n) is 14.9. The fraction of sp³-hybridized carbons (Fsp3) is 0.200. The van der Waals surface area contributed by atoms with Crippen LogP contribution in [0.2, 0.25) is 0 Å². The summed E-state index contributed by atoms with van der Waals surface area (Å²) >= 11 is 0. The van der Waals surface area contributed by atoms with Gasteiger partial charge in [-0.1, -0.05) is 107 Å². The van der Waals surface area contributed by atoms with Crippen molar-refractivity contribution in [3.63, 3.8) is 0 Å². The molecule has 0 bridgehead atoms. The van der Waals surface area contributed by atoms with E-state index in [9.17, 15) is 0 Å². The van der Waals surface area contributed by atoms with Gasteiger partial charge in [-0.25, -0.2) is 0 Å². The van der Waals surface area contributed by atoms with E-state index in [4.69, 9.17) is 0 Å². The summed E-state index contributed by atoms with van der Waals surface area (Å²) in [6, 6.07) is 43.0. The van der Waals surface area contributed by atoms with Gasteiger partial charge in [0, 0.05) is 29.7 Å². The normalized spacial score (nSPS) is 13.6. The molecule has 0 atom stereocenters. The first-order chi connectivity index (χ1) is 22.5. The molecular weight excluding hydrogens is 569 g/mol. The summed E-state index contributed by atoms with van der Waals surface area (Å²) in [5, 5.41) is 5.10. The molecule has 0 N–H and O–H groups in total. The molecule has 0 fully saturated rings. The number of aromatic nitrogens is 2. The van der Waals surface area contributed by atoms with E-state index in [1.54, 1.807) is 0 Å². The molecule has 47 heavy (non-hydrogen) atoms. The number of fused-ring (bicyclic) bond motifs is 6. The average molecular weight is 611 g/mol. The zero-order valence-corrected chi connectivity index (χ0v) is 28.5. The number of rotatable bonds is 3. The van der Waals surface area contributed by atoms with Crippen molar-refractivity contribution in [2.45, 2.75) is 59.3 Å². The zero-order chi connectivity index (χ0) is 32.7. The summed E-state index contributed by atoms with van der Waals surface area (Å²) in [4.78, 5) is 0. The smallest absolute Gasteiger partial charge is 0.0619 e. The molecule has 230 valence electrons. The van der Waals surface area contributed by atoms with Gasteiger partial charge in [-0.05, 0) is 98.0 Å². The molecule has 1 aliphatic carbocycles. The minimum absolute atomic E-state index is 0.00718. The Morgan fingerprint density at radius 3 is 2.00 bits per heavy atom. The van der Waals surface area contributed by atoms with Gasteiger partial charge in [0.2, 0.25) is 12.4 Å². The van der Waals surface area contributed by atoms with E-state index < -0.39 is 0 Å². The second-order valence-corrected chi connectivity index (χ2v) is 14.9. The first kappa shape index (κ1) is 29.3. The van der Waals surface area contributed by atoms with Crippen molar-refractivity contribution < 1.29 is 9.35 Å². The predicted molar refractivity (Wildman–Crippen MR) is 196 cm³/mol. The van der Waals surface area contributed by atoms with Crippen molar-refractivity contribution >= 4 is 21.5 Å². The first-order valence-electron chi connectivity index (χ1n) is 16.8. The quantitative estimate of drug-likeness (QED) is 0.139. The number of aryl methyl sites for hydroxylation is 2. The van der Waals surface area contributed by atoms with Crippen LogP contribution in [0, 0.1) is 13.8 Å². The van der Waals surface area contributed by atoms with Crippen molar-refractivity contribution in [1.29, 1.82) is 0 Å². The van der Waals surface area contributed by atoms with Gasteiger partial charge in [-0.2, -0.15) is 0 Å². The largest absolute Gasteiger partial charge is 0.284 e. The monoisotopic (exact) mass is 610 g/mol. The average Bonchev–Trinajstić information content (AvgIpc) is 3.28. The first-order valence-corrected chi connectivity index (χ1v) is 16.8. The molecule has 0 unspecified atom stereocenters. The van der Waals surface area contributed by atoms with E-state index in [0.29, 0.717) is 0 Å². The number of benzene rings is 5. The number of hydrogen-bond donors (Lipinski definition) is 0. The third-order valence-electron chi connectivity index (χ3n) is 10.4. The summed E-state index contributed by atoms with van der Waals surface area (Å²) in [6.45, 7) is 16.1. The Hall–Kier alpha value is -5.08. The lowest BCUT2D eigenvalue weighted by Gasteiger charge is -2.22. The summed E-state index contributed by atoms with van der Waals surface area (Å²) in [6.07, 6.45) is 4.46. The molecule has 0 saturated carbocycles. The van der Waals surface area contributed by atoms with Crippen LogP contribution in [0.1, 0.15) is 62.4 Å². The Morgan fingerprint density at radius 1 is 0.489 bits per heavy atom. The van der Waals surface area contributed by atoms with E-state index in [1.807, 2.05) is 0 Å². The van der Waals surface area contributed by atoms with Gasteiger partial charge in [0.25, 0.3) is 11.4 Å². The van der Waals surface area contributed by atoms with Crippen LogP contribution in [0.3, 0.4) is 0 Å². The van der Waals surface area contributed by atoms with E-state index in [0.717, 1.165) is 5.69 Å². The fourth-order valence-corrected chi connectivity index (χ4v) is 7.76. The maximum absolute atomic E-state index is 2.45. The summed E-state index contributed by atoms with van der Waals surface area (Å²) in [7, 11) is 0. The third-order valence-corrected chi connectivity index (χ3v) is 10.4. The molecule has 0 saturated heterocycles. The van der Waals surface area contributed by atoms with Crippen molar-refractivity contribution in [2.24, 2.45) is 0 Å². The van der Waals surface area contributed by atoms with Gasteiger partial charge in [-0.3, -0.25) is 0 Å². The maximum atomic E-state index is 2.45. The molecule has 8 rings (SSSR count). The van der Waals surface area contributed by atoms with E-state index >= 15 is 0 Å². The van der Waals surface area contributed by atoms with Crippen LogP contribution in [0.4, 0.5) is 0 Å². The van der Waals surface area contributed by atoms with Crippen LogP contribution in [0.25, 0.3) is 55.2 Å². The highest BCUT2D eigenvalue weighted by molar-refractivity contribution is 6.09. The third kappa shape index (κ3) is 4.61. The summed E-state index contributed by atoms with van der Waals surface area (Å²) < 4.78 is 4.67. The van der Waals surface area contributed by atoms with Gasteiger partial charge in [0.1, 0.15) is 0 Å². The minimum atomic E-state index is -0.0302. The Morgan fingerprint density at radius 2 is 1.17 bits per heavy atom. The fourth-order valence-electron chi connectivity index (χ4n) is 7.76. The molecule has 7 aromatic rings. The Kier molecular flexibility index (Phi) is 6.53. The summed E-state index contributed by atoms with van der Waals surface area (Å²) in [5.74, 6) is 0. The van der Waals surface area contributed by atoms with Gasteiger partial charge >= 0.3 is 0 Å². The van der Waals surface area contributed by atoms with Gasteiger partial charge in [0.05, 0.1) is 20.5 Å². The van der Waals surface area contributed by atoms with Gasteiger partial charge < -0.3 is 0 Å². The highest BCUT2D eigenvalue weighted by atomic mass is 15.4. The standard InChI is InChI=1S/C45H42N2/c1-29-24-32-20-19-31-14-8-9-15-34(31)38(32)27-36(29)42-18-12-13-22-46(42)47-23-21-33(44(3,4)5)26-43(47)37-28-39-35-16-10-11-17-40(35)45(6,7)41(39)25-30(37)2/h8-28H,1-7H3/q+2. The molecule has 2 aromatic heterocycles. The topological polar surface area (TPSA) is 7.76 Å². The molecule has 0 amide bonds. The lowest BCUT2D eigenvalue weighted by atomic mass is 9.81. The molecule has 1 aliphatic rings. The number of nitrogens with zero attached hydrogens (tertiary/aromatic N) is 2. The molecule has 2 heterocycles. The van der Waals surface area contributed by atoms with Crippen LogP contribution in [-0.2, 0) is 10.8 Å². The predicted octanol–water partition coefficient (Wildman–Crippen LogP) is 10.4. The Balaban J connectivity index is 1.39. The van der Waals surface area contributed by atoms with Crippen molar-refractivity contribution in [1.82, 2.24) is 0 Å². The Labute approximate surface area is 278 Å². The molecule has 2 nitrogen and oxygen atoms in total. The van der Waals surface area contributed by atoms with E-state index in [-0.39, 0.29) is 10.8 Å². The second kappa shape index (κ2) is 10.5.